The van der Waals surface area contributed by atoms with Crippen molar-refractivity contribution in [3.8, 4) is 0 Å². The van der Waals surface area contributed by atoms with Crippen LogP contribution in [0.3, 0.4) is 0 Å². The normalized spacial score (nSPS) is 8.94. The maximum absolute atomic E-state index is 3.78. The van der Waals surface area contributed by atoms with E-state index in [9.17, 15) is 0 Å². The molecule has 0 bridgehead atoms. The van der Waals surface area contributed by atoms with Crippen molar-refractivity contribution in [2.75, 3.05) is 0 Å². The van der Waals surface area contributed by atoms with Crippen molar-refractivity contribution < 1.29 is 28.5 Å². The number of hydrogen-bond donors (Lipinski definition) is 0. The van der Waals surface area contributed by atoms with E-state index in [0.717, 1.165) is 6.54 Å². The van der Waals surface area contributed by atoms with E-state index in [0.29, 0.717) is 0 Å². The number of halogens is 1. The molecular formula is C11H19IN4. The van der Waals surface area contributed by atoms with E-state index in [1.54, 1.807) is 12.5 Å². The van der Waals surface area contributed by atoms with Crippen molar-refractivity contribution in [3.63, 3.8) is 0 Å². The molecule has 0 spiro atoms. The summed E-state index contributed by atoms with van der Waals surface area (Å²) in [4.78, 5) is 3.78. The number of aryl methyl sites for hydroxylation is 3. The lowest BCUT2D eigenvalue weighted by molar-refractivity contribution is -0.671. The Hall–Kier alpha value is -0.850. The van der Waals surface area contributed by atoms with Gasteiger partial charge in [-0.05, 0) is 6.42 Å². The van der Waals surface area contributed by atoms with Crippen LogP contribution in [0.5, 0.6) is 0 Å². The summed E-state index contributed by atoms with van der Waals surface area (Å²) in [5, 5.41) is 0. The van der Waals surface area contributed by atoms with Gasteiger partial charge in [-0.1, -0.05) is 6.92 Å². The summed E-state index contributed by atoms with van der Waals surface area (Å²) < 4.78 is 6.12. The molecule has 2 aromatic rings. The van der Waals surface area contributed by atoms with Crippen LogP contribution in [0.2, 0.25) is 0 Å². The van der Waals surface area contributed by atoms with Gasteiger partial charge in [-0.2, -0.15) is 0 Å². The second-order valence-electron chi connectivity index (χ2n) is 3.55. The molecule has 5 heteroatoms. The fraction of sp³-hybridized carbons (Fsp3) is 0.455. The van der Waals surface area contributed by atoms with Crippen LogP contribution in [-0.4, -0.2) is 14.1 Å². The second-order valence-corrected chi connectivity index (χ2v) is 3.55. The quantitative estimate of drug-likeness (QED) is 0.468. The van der Waals surface area contributed by atoms with E-state index in [1.807, 2.05) is 24.9 Å². The van der Waals surface area contributed by atoms with Crippen LogP contribution in [0.25, 0.3) is 0 Å². The van der Waals surface area contributed by atoms with Crippen molar-refractivity contribution in [1.82, 2.24) is 14.1 Å². The molecule has 0 atom stereocenters. The Labute approximate surface area is 114 Å². The van der Waals surface area contributed by atoms with Crippen molar-refractivity contribution in [2.24, 2.45) is 14.1 Å². The molecule has 0 amide bonds. The van der Waals surface area contributed by atoms with Gasteiger partial charge in [-0.15, -0.1) is 0 Å². The van der Waals surface area contributed by atoms with Gasteiger partial charge in [0.2, 0.25) is 6.33 Å². The number of nitrogens with zero attached hydrogens (tertiary/aromatic N) is 4. The maximum Gasteiger partial charge on any atom is 0.243 e. The molecule has 0 radical (unpaired) electrons. The van der Waals surface area contributed by atoms with Gasteiger partial charge in [0.15, 0.2) is 0 Å². The first-order valence-corrected chi connectivity index (χ1v) is 5.15. The number of hydrogen-bond acceptors (Lipinski definition) is 1. The molecule has 0 saturated heterocycles. The zero-order valence-corrected chi connectivity index (χ0v) is 12.2. The fourth-order valence-electron chi connectivity index (χ4n) is 1.22. The van der Waals surface area contributed by atoms with Gasteiger partial charge in [0.05, 0.1) is 19.9 Å². The first kappa shape index (κ1) is 15.2. The average molecular weight is 334 g/mol. The molecule has 0 N–H and O–H groups in total. The molecule has 0 aliphatic rings. The first-order chi connectivity index (χ1) is 7.22. The SMILES string of the molecule is CCCn1cc[n+](C)c1.Cn1ccnc1.[I-]. The number of rotatable bonds is 2. The average Bonchev–Trinajstić information content (AvgIpc) is 2.80. The zero-order chi connectivity index (χ0) is 11.1. The van der Waals surface area contributed by atoms with E-state index in [2.05, 4.69) is 39.8 Å². The monoisotopic (exact) mass is 334 g/mol. The fourth-order valence-corrected chi connectivity index (χ4v) is 1.22. The predicted octanol–water partition coefficient (Wildman–Crippen LogP) is -1.85. The lowest BCUT2D eigenvalue weighted by atomic mass is 10.5. The van der Waals surface area contributed by atoms with Crippen LogP contribution in [0.15, 0.2) is 37.4 Å². The highest BCUT2D eigenvalue weighted by Crippen LogP contribution is 1.85. The third-order valence-electron chi connectivity index (χ3n) is 1.94. The predicted molar refractivity (Wildman–Crippen MR) is 59.1 cm³/mol. The molecule has 0 aromatic carbocycles. The lowest BCUT2D eigenvalue weighted by Crippen LogP contribution is -3.00. The molecule has 2 heterocycles. The Morgan fingerprint density at radius 2 is 2.06 bits per heavy atom. The van der Waals surface area contributed by atoms with Crippen molar-refractivity contribution in [2.45, 2.75) is 19.9 Å². The molecule has 0 fully saturated rings. The van der Waals surface area contributed by atoms with Gasteiger partial charge in [-0.25, -0.2) is 14.1 Å². The minimum Gasteiger partial charge on any atom is -1.00 e. The van der Waals surface area contributed by atoms with Crippen molar-refractivity contribution >= 4 is 0 Å². The number of imidazole rings is 2. The molecule has 0 saturated carbocycles. The molecule has 0 unspecified atom stereocenters. The van der Waals surface area contributed by atoms with Crippen LogP contribution in [-0.2, 0) is 20.6 Å². The number of aromatic nitrogens is 4. The van der Waals surface area contributed by atoms with E-state index in [1.165, 1.54) is 6.42 Å². The van der Waals surface area contributed by atoms with E-state index >= 15 is 0 Å². The topological polar surface area (TPSA) is 26.6 Å². The minimum absolute atomic E-state index is 0. The third-order valence-corrected chi connectivity index (χ3v) is 1.94. The van der Waals surface area contributed by atoms with Gasteiger partial charge in [-0.3, -0.25) is 0 Å². The van der Waals surface area contributed by atoms with Crippen LogP contribution < -0.4 is 28.5 Å². The summed E-state index contributed by atoms with van der Waals surface area (Å²) in [6, 6.07) is 0. The van der Waals surface area contributed by atoms with Gasteiger partial charge >= 0.3 is 0 Å². The van der Waals surface area contributed by atoms with Crippen LogP contribution in [0.1, 0.15) is 13.3 Å². The molecule has 2 aromatic heterocycles. The standard InChI is InChI=1S/C7H13N2.C4H6N2.HI/c1-3-4-9-6-5-8(2)7-9;1-6-3-2-5-4-6;/h5-7H,3-4H2,1-2H3;2-4H,1H3;1H/q+1;;/p-1. The largest absolute Gasteiger partial charge is 1.00 e. The molecule has 16 heavy (non-hydrogen) atoms. The van der Waals surface area contributed by atoms with E-state index < -0.39 is 0 Å². The summed E-state index contributed by atoms with van der Waals surface area (Å²) in [7, 11) is 3.97. The molecule has 4 nitrogen and oxygen atoms in total. The molecule has 0 aliphatic carbocycles. The first-order valence-electron chi connectivity index (χ1n) is 5.15. The Balaban J connectivity index is 0.000000283. The molecule has 90 valence electrons. The summed E-state index contributed by atoms with van der Waals surface area (Å²) in [5.41, 5.74) is 0. The summed E-state index contributed by atoms with van der Waals surface area (Å²) in [6.45, 7) is 3.31. The highest BCUT2D eigenvalue weighted by Gasteiger charge is 1.94. The summed E-state index contributed by atoms with van der Waals surface area (Å²) >= 11 is 0. The van der Waals surface area contributed by atoms with Gasteiger partial charge in [0.25, 0.3) is 0 Å². The van der Waals surface area contributed by atoms with Crippen molar-refractivity contribution in [3.05, 3.63) is 37.4 Å². The highest BCUT2D eigenvalue weighted by atomic mass is 127. The minimum atomic E-state index is 0. The molecule has 2 rings (SSSR count). The van der Waals surface area contributed by atoms with Crippen LogP contribution >= 0.6 is 0 Å². The molecular weight excluding hydrogens is 315 g/mol. The van der Waals surface area contributed by atoms with Gasteiger partial charge in [0.1, 0.15) is 12.4 Å². The zero-order valence-electron chi connectivity index (χ0n) is 10.0. The van der Waals surface area contributed by atoms with Crippen LogP contribution in [0.4, 0.5) is 0 Å². The third kappa shape index (κ3) is 5.89. The second kappa shape index (κ2) is 8.32. The van der Waals surface area contributed by atoms with Gasteiger partial charge < -0.3 is 28.5 Å². The van der Waals surface area contributed by atoms with Crippen LogP contribution in [0, 0.1) is 0 Å². The lowest BCUT2D eigenvalue weighted by Gasteiger charge is -1.86. The summed E-state index contributed by atoms with van der Waals surface area (Å²) in [6.07, 6.45) is 12.8. The van der Waals surface area contributed by atoms with E-state index in [4.69, 9.17) is 0 Å². The Morgan fingerprint density at radius 3 is 2.38 bits per heavy atom. The van der Waals surface area contributed by atoms with Gasteiger partial charge in [0, 0.05) is 19.4 Å². The Kier molecular flexibility index (Phi) is 7.88. The van der Waals surface area contributed by atoms with E-state index in [-0.39, 0.29) is 24.0 Å². The maximum atomic E-state index is 3.78. The molecule has 0 aliphatic heterocycles. The smallest absolute Gasteiger partial charge is 0.243 e. The summed E-state index contributed by atoms with van der Waals surface area (Å²) in [5.74, 6) is 0. The Morgan fingerprint density at radius 1 is 1.31 bits per heavy atom. The highest BCUT2D eigenvalue weighted by molar-refractivity contribution is 4.70. The van der Waals surface area contributed by atoms with Crippen molar-refractivity contribution in [1.29, 1.82) is 0 Å². The Bertz CT molecular complexity index is 367.